The molecule has 0 amide bonds. The third-order valence-electron chi connectivity index (χ3n) is 7.24. The summed E-state index contributed by atoms with van der Waals surface area (Å²) in [5.41, 5.74) is 2.60. The fourth-order valence-electron chi connectivity index (χ4n) is 5.76. The zero-order chi connectivity index (χ0) is 19.6. The van der Waals surface area contributed by atoms with E-state index >= 15 is 0 Å². The summed E-state index contributed by atoms with van der Waals surface area (Å²) in [7, 11) is 0. The van der Waals surface area contributed by atoms with E-state index in [2.05, 4.69) is 25.7 Å². The smallest absolute Gasteiger partial charge is 0.303 e. The molecule has 150 valence electrons. The van der Waals surface area contributed by atoms with Gasteiger partial charge in [-0.25, -0.2) is 0 Å². The molecule has 27 heavy (non-hydrogen) atoms. The van der Waals surface area contributed by atoms with E-state index in [1.54, 1.807) is 0 Å². The molecule has 4 nitrogen and oxygen atoms in total. The van der Waals surface area contributed by atoms with Crippen LogP contribution in [0.3, 0.4) is 0 Å². The van der Waals surface area contributed by atoms with Crippen LogP contribution < -0.4 is 0 Å². The lowest BCUT2D eigenvalue weighted by atomic mass is 9.50. The SMILES string of the molecule is C/C(CCC(=O)O)=C1\C(C)[C@@H]2[C@@H](C#CC(O)C3CCCCC3)[C@H](O)CC[C@H]12. The molecule has 3 aliphatic carbocycles. The number of allylic oxidation sites excluding steroid dienone is 2. The van der Waals surface area contributed by atoms with E-state index in [-0.39, 0.29) is 18.3 Å². The van der Waals surface area contributed by atoms with Gasteiger partial charge in [-0.3, -0.25) is 4.79 Å². The van der Waals surface area contributed by atoms with Crippen LogP contribution in [0.4, 0.5) is 0 Å². The van der Waals surface area contributed by atoms with Crippen molar-refractivity contribution in [2.24, 2.45) is 29.6 Å². The van der Waals surface area contributed by atoms with E-state index in [1.165, 1.54) is 30.4 Å². The van der Waals surface area contributed by atoms with E-state index in [0.717, 1.165) is 25.7 Å². The lowest BCUT2D eigenvalue weighted by Crippen LogP contribution is -2.50. The molecular formula is C23H34O4. The Morgan fingerprint density at radius 2 is 1.85 bits per heavy atom. The molecule has 3 rings (SSSR count). The highest BCUT2D eigenvalue weighted by Gasteiger charge is 2.51. The van der Waals surface area contributed by atoms with E-state index in [4.69, 9.17) is 5.11 Å². The van der Waals surface area contributed by atoms with Gasteiger partial charge in [-0.1, -0.05) is 49.2 Å². The molecule has 0 bridgehead atoms. The Morgan fingerprint density at radius 3 is 2.52 bits per heavy atom. The summed E-state index contributed by atoms with van der Waals surface area (Å²) < 4.78 is 0. The molecule has 3 fully saturated rings. The third kappa shape index (κ3) is 4.41. The number of hydrogen-bond acceptors (Lipinski definition) is 3. The summed E-state index contributed by atoms with van der Waals surface area (Å²) in [5, 5.41) is 30.0. The Kier molecular flexibility index (Phi) is 6.65. The summed E-state index contributed by atoms with van der Waals surface area (Å²) >= 11 is 0. The highest BCUT2D eigenvalue weighted by atomic mass is 16.4. The maximum atomic E-state index is 10.9. The van der Waals surface area contributed by atoms with Crippen molar-refractivity contribution in [3.05, 3.63) is 11.1 Å². The van der Waals surface area contributed by atoms with Crippen LogP contribution in [-0.2, 0) is 4.79 Å². The second-order valence-electron chi connectivity index (χ2n) is 8.90. The Balaban J connectivity index is 1.69. The number of aliphatic carboxylic acids is 1. The Labute approximate surface area is 163 Å². The van der Waals surface area contributed by atoms with E-state index in [0.29, 0.717) is 24.2 Å². The standard InChI is InChI=1S/C23H34O4/c1-14(8-13-21(26)27)22-15(2)23-17(20(25)12-10-18(22)23)9-11-19(24)16-6-4-3-5-7-16/h15-20,23-25H,3-8,10,12-13H2,1-2H3,(H,26,27)/b22-14-/t15?,17-,18+,19?,20+,23+/m0/s1. The average molecular weight is 375 g/mol. The van der Waals surface area contributed by atoms with Gasteiger partial charge in [0.15, 0.2) is 0 Å². The number of aliphatic hydroxyl groups excluding tert-OH is 2. The number of hydrogen-bond donors (Lipinski definition) is 3. The van der Waals surface area contributed by atoms with Gasteiger partial charge in [0.1, 0.15) is 6.10 Å². The zero-order valence-electron chi connectivity index (χ0n) is 16.7. The van der Waals surface area contributed by atoms with Crippen LogP contribution in [0.25, 0.3) is 0 Å². The van der Waals surface area contributed by atoms with Crippen LogP contribution in [0.15, 0.2) is 11.1 Å². The largest absolute Gasteiger partial charge is 0.481 e. The number of carboxylic acids is 1. The molecule has 0 spiro atoms. The third-order valence-corrected chi connectivity index (χ3v) is 7.24. The minimum absolute atomic E-state index is 0.0759. The minimum atomic E-state index is -0.752. The number of carbonyl (C=O) groups is 1. The Hall–Kier alpha value is -1.31. The number of aliphatic hydroxyl groups is 2. The van der Waals surface area contributed by atoms with Crippen molar-refractivity contribution in [1.82, 2.24) is 0 Å². The first kappa shape index (κ1) is 20.4. The van der Waals surface area contributed by atoms with Crippen LogP contribution in [-0.4, -0.2) is 33.5 Å². The van der Waals surface area contributed by atoms with Gasteiger partial charge >= 0.3 is 5.97 Å². The van der Waals surface area contributed by atoms with Gasteiger partial charge < -0.3 is 15.3 Å². The summed E-state index contributed by atoms with van der Waals surface area (Å²) in [4.78, 5) is 10.9. The summed E-state index contributed by atoms with van der Waals surface area (Å²) in [5.74, 6) is 6.91. The molecule has 0 aromatic carbocycles. The van der Waals surface area contributed by atoms with Gasteiger partial charge in [0.2, 0.25) is 0 Å². The van der Waals surface area contributed by atoms with Crippen molar-refractivity contribution in [2.75, 3.05) is 0 Å². The molecule has 3 N–H and O–H groups in total. The van der Waals surface area contributed by atoms with Gasteiger partial charge in [-0.2, -0.15) is 0 Å². The summed E-state index contributed by atoms with van der Waals surface area (Å²) in [6.07, 6.45) is 7.24. The number of carboxylic acid groups (broad SMARTS) is 1. The second kappa shape index (κ2) is 8.80. The van der Waals surface area contributed by atoms with Crippen molar-refractivity contribution in [1.29, 1.82) is 0 Å². The fourth-order valence-corrected chi connectivity index (χ4v) is 5.76. The Morgan fingerprint density at radius 1 is 1.15 bits per heavy atom. The predicted molar refractivity (Wildman–Crippen MR) is 105 cm³/mol. The molecule has 6 atom stereocenters. The molecule has 0 aromatic rings. The van der Waals surface area contributed by atoms with Gasteiger partial charge in [-0.05, 0) is 62.7 Å². The lowest BCUT2D eigenvalue weighted by Gasteiger charge is -2.54. The molecule has 3 aliphatic rings. The van der Waals surface area contributed by atoms with Crippen molar-refractivity contribution < 1.29 is 20.1 Å². The Bertz CT molecular complexity index is 634. The van der Waals surface area contributed by atoms with Crippen molar-refractivity contribution in [3.63, 3.8) is 0 Å². The second-order valence-corrected chi connectivity index (χ2v) is 8.90. The maximum Gasteiger partial charge on any atom is 0.303 e. The minimum Gasteiger partial charge on any atom is -0.481 e. The molecule has 3 saturated carbocycles. The molecule has 4 heteroatoms. The monoisotopic (exact) mass is 374 g/mol. The van der Waals surface area contributed by atoms with Crippen LogP contribution in [0.5, 0.6) is 0 Å². The van der Waals surface area contributed by atoms with Crippen molar-refractivity contribution >= 4 is 5.97 Å². The number of rotatable bonds is 4. The number of fused-ring (bicyclic) bond motifs is 1. The zero-order valence-corrected chi connectivity index (χ0v) is 16.7. The van der Waals surface area contributed by atoms with Gasteiger partial charge in [0.25, 0.3) is 0 Å². The van der Waals surface area contributed by atoms with E-state index < -0.39 is 18.2 Å². The molecule has 0 saturated heterocycles. The van der Waals surface area contributed by atoms with E-state index in [9.17, 15) is 15.0 Å². The molecule has 0 aromatic heterocycles. The van der Waals surface area contributed by atoms with Crippen LogP contribution in [0.1, 0.15) is 71.6 Å². The average Bonchev–Trinajstić information content (AvgIpc) is 2.66. The van der Waals surface area contributed by atoms with Crippen LogP contribution >= 0.6 is 0 Å². The normalized spacial score (nSPS) is 36.7. The van der Waals surface area contributed by atoms with Gasteiger partial charge in [-0.15, -0.1) is 0 Å². The van der Waals surface area contributed by atoms with Gasteiger partial charge in [0.05, 0.1) is 12.0 Å². The first-order valence-electron chi connectivity index (χ1n) is 10.7. The molecule has 0 heterocycles. The summed E-state index contributed by atoms with van der Waals surface area (Å²) in [6, 6.07) is 0. The van der Waals surface area contributed by atoms with Crippen LogP contribution in [0, 0.1) is 41.4 Å². The quantitative estimate of drug-likeness (QED) is 0.517. The molecular weight excluding hydrogens is 340 g/mol. The maximum absolute atomic E-state index is 10.9. The summed E-state index contributed by atoms with van der Waals surface area (Å²) in [6.45, 7) is 4.24. The molecule has 0 aliphatic heterocycles. The topological polar surface area (TPSA) is 77.8 Å². The van der Waals surface area contributed by atoms with Crippen molar-refractivity contribution in [2.45, 2.75) is 83.8 Å². The van der Waals surface area contributed by atoms with Crippen molar-refractivity contribution in [3.8, 4) is 11.8 Å². The first-order valence-corrected chi connectivity index (χ1v) is 10.7. The molecule has 2 unspecified atom stereocenters. The van der Waals surface area contributed by atoms with E-state index in [1.807, 2.05) is 0 Å². The fraction of sp³-hybridized carbons (Fsp3) is 0.783. The van der Waals surface area contributed by atoms with Crippen LogP contribution in [0.2, 0.25) is 0 Å². The first-order chi connectivity index (χ1) is 12.9. The predicted octanol–water partition coefficient (Wildman–Crippen LogP) is 3.77. The highest BCUT2D eigenvalue weighted by molar-refractivity contribution is 5.67. The lowest BCUT2D eigenvalue weighted by molar-refractivity contribution is -0.136. The highest BCUT2D eigenvalue weighted by Crippen LogP contribution is 2.56. The molecule has 0 radical (unpaired) electrons. The van der Waals surface area contributed by atoms with Gasteiger partial charge in [0, 0.05) is 6.42 Å².